The molecule has 2 aromatic carbocycles. The lowest BCUT2D eigenvalue weighted by Gasteiger charge is -2.06. The first-order valence-electron chi connectivity index (χ1n) is 7.15. The predicted molar refractivity (Wildman–Crippen MR) is 113 cm³/mol. The van der Waals surface area contributed by atoms with E-state index in [1.54, 1.807) is 35.2 Å². The Morgan fingerprint density at radius 1 is 1.12 bits per heavy atom. The topological polar surface area (TPSA) is 55.1 Å². The SMILES string of the molecule is COc1cc(Cl)c(OC)cc1Cl.N#CSCSc1nc2ccccc2s1. The van der Waals surface area contributed by atoms with E-state index in [4.69, 9.17) is 37.9 Å². The predicted octanol–water partition coefficient (Wildman–Crippen LogP) is 6.57. The van der Waals surface area contributed by atoms with Crippen molar-refractivity contribution in [3.8, 4) is 16.9 Å². The quantitative estimate of drug-likeness (QED) is 0.192. The first kappa shape index (κ1) is 21.0. The van der Waals surface area contributed by atoms with Crippen molar-refractivity contribution < 1.29 is 9.47 Å². The lowest BCUT2D eigenvalue weighted by atomic mass is 10.3. The van der Waals surface area contributed by atoms with E-state index in [-0.39, 0.29) is 0 Å². The van der Waals surface area contributed by atoms with Crippen LogP contribution in [0.2, 0.25) is 10.0 Å². The number of thiazole rings is 1. The molecular weight excluding hydrogens is 431 g/mol. The summed E-state index contributed by atoms with van der Waals surface area (Å²) in [5.41, 5.74) is 1.04. The Morgan fingerprint density at radius 2 is 1.73 bits per heavy atom. The molecule has 0 aliphatic rings. The number of thiocyanates is 1. The van der Waals surface area contributed by atoms with E-state index in [1.165, 1.54) is 30.7 Å². The van der Waals surface area contributed by atoms with E-state index < -0.39 is 0 Å². The van der Waals surface area contributed by atoms with Crippen LogP contribution in [0.15, 0.2) is 40.7 Å². The van der Waals surface area contributed by atoms with Crippen LogP contribution in [0, 0.1) is 10.7 Å². The van der Waals surface area contributed by atoms with Crippen molar-refractivity contribution in [1.29, 1.82) is 5.26 Å². The summed E-state index contributed by atoms with van der Waals surface area (Å²) in [6.45, 7) is 0. The normalized spacial score (nSPS) is 9.96. The number of fused-ring (bicyclic) bond motifs is 1. The van der Waals surface area contributed by atoms with Crippen LogP contribution in [0.5, 0.6) is 11.5 Å². The Morgan fingerprint density at radius 3 is 2.27 bits per heavy atom. The number of thioether (sulfide) groups is 2. The number of nitriles is 1. The van der Waals surface area contributed by atoms with Gasteiger partial charge in [-0.25, -0.2) is 4.98 Å². The molecule has 26 heavy (non-hydrogen) atoms. The van der Waals surface area contributed by atoms with Gasteiger partial charge in [-0.05, 0) is 23.9 Å². The second-order valence-corrected chi connectivity index (χ2v) is 8.76. The molecule has 9 heteroatoms. The van der Waals surface area contributed by atoms with Gasteiger partial charge in [-0.2, -0.15) is 5.26 Å². The van der Waals surface area contributed by atoms with E-state index in [9.17, 15) is 0 Å². The summed E-state index contributed by atoms with van der Waals surface area (Å²) >= 11 is 16.2. The smallest absolute Gasteiger partial charge is 0.151 e. The average molecular weight is 445 g/mol. The van der Waals surface area contributed by atoms with Gasteiger partial charge in [0.1, 0.15) is 16.9 Å². The zero-order valence-electron chi connectivity index (χ0n) is 13.9. The highest BCUT2D eigenvalue weighted by molar-refractivity contribution is 8.18. The van der Waals surface area contributed by atoms with Crippen molar-refractivity contribution in [2.45, 2.75) is 4.34 Å². The Hall–Kier alpha value is -1.30. The molecule has 1 heterocycles. The Labute approximate surface area is 174 Å². The number of nitrogens with zero attached hydrogens (tertiary/aromatic N) is 2. The second-order valence-electron chi connectivity index (χ2n) is 4.57. The maximum Gasteiger partial charge on any atom is 0.151 e. The zero-order valence-corrected chi connectivity index (χ0v) is 17.8. The summed E-state index contributed by atoms with van der Waals surface area (Å²) in [5, 5.41) is 12.1. The molecular formula is C17H14Cl2N2O2S3. The van der Waals surface area contributed by atoms with Crippen LogP contribution in [-0.4, -0.2) is 24.3 Å². The van der Waals surface area contributed by atoms with Crippen LogP contribution < -0.4 is 9.47 Å². The molecule has 3 aromatic rings. The Bertz CT molecular complexity index is 850. The first-order chi connectivity index (χ1) is 12.6. The number of hydrogen-bond acceptors (Lipinski definition) is 7. The fourth-order valence-corrected chi connectivity index (χ4v) is 4.95. The highest BCUT2D eigenvalue weighted by Gasteiger charge is 2.07. The van der Waals surface area contributed by atoms with Crippen molar-refractivity contribution in [1.82, 2.24) is 4.98 Å². The Kier molecular flexibility index (Phi) is 8.69. The molecule has 0 fully saturated rings. The maximum atomic E-state index is 8.37. The number of benzene rings is 2. The maximum absolute atomic E-state index is 8.37. The third-order valence-electron chi connectivity index (χ3n) is 3.01. The van der Waals surface area contributed by atoms with E-state index in [0.29, 0.717) is 21.5 Å². The molecule has 0 aliphatic heterocycles. The number of methoxy groups -OCH3 is 2. The molecule has 136 valence electrons. The number of ether oxygens (including phenoxy) is 2. The zero-order chi connectivity index (χ0) is 18.9. The molecule has 1 aromatic heterocycles. The number of hydrogen-bond donors (Lipinski definition) is 0. The largest absolute Gasteiger partial charge is 0.495 e. The molecule has 3 rings (SSSR count). The molecule has 0 saturated heterocycles. The average Bonchev–Trinajstić information content (AvgIpc) is 3.06. The molecule has 0 bridgehead atoms. The van der Waals surface area contributed by atoms with Gasteiger partial charge >= 0.3 is 0 Å². The molecule has 0 aliphatic carbocycles. The van der Waals surface area contributed by atoms with E-state index in [0.717, 1.165) is 14.9 Å². The molecule has 0 amide bonds. The van der Waals surface area contributed by atoms with Crippen LogP contribution in [0.3, 0.4) is 0 Å². The number of para-hydroxylation sites is 1. The van der Waals surface area contributed by atoms with Crippen LogP contribution in [0.4, 0.5) is 0 Å². The summed E-state index contributed by atoms with van der Waals surface area (Å²) < 4.78 is 12.1. The van der Waals surface area contributed by atoms with Crippen molar-refractivity contribution in [3.63, 3.8) is 0 Å². The fourth-order valence-electron chi connectivity index (χ4n) is 1.84. The van der Waals surface area contributed by atoms with Gasteiger partial charge in [-0.3, -0.25) is 0 Å². The van der Waals surface area contributed by atoms with Gasteiger partial charge in [0, 0.05) is 12.1 Å². The van der Waals surface area contributed by atoms with E-state index >= 15 is 0 Å². The van der Waals surface area contributed by atoms with E-state index in [2.05, 4.69) is 11.1 Å². The monoisotopic (exact) mass is 444 g/mol. The van der Waals surface area contributed by atoms with Crippen molar-refractivity contribution in [3.05, 3.63) is 46.4 Å². The van der Waals surface area contributed by atoms with Crippen LogP contribution >= 0.6 is 58.1 Å². The number of aromatic nitrogens is 1. The molecule has 4 nitrogen and oxygen atoms in total. The van der Waals surface area contributed by atoms with Crippen molar-refractivity contribution in [2.75, 3.05) is 19.3 Å². The second kappa shape index (κ2) is 10.8. The number of halogens is 2. The minimum atomic E-state index is 0.485. The van der Waals surface area contributed by atoms with Gasteiger partial charge in [-0.1, -0.05) is 47.1 Å². The minimum absolute atomic E-state index is 0.485. The van der Waals surface area contributed by atoms with Gasteiger partial charge in [-0.15, -0.1) is 11.3 Å². The summed E-state index contributed by atoms with van der Waals surface area (Å²) in [6.07, 6.45) is 0. The number of rotatable bonds is 5. The lowest BCUT2D eigenvalue weighted by Crippen LogP contribution is -1.88. The Balaban J connectivity index is 0.000000190. The van der Waals surface area contributed by atoms with Crippen molar-refractivity contribution >= 4 is 68.3 Å². The van der Waals surface area contributed by atoms with Crippen LogP contribution in [0.25, 0.3) is 10.2 Å². The van der Waals surface area contributed by atoms with Crippen LogP contribution in [-0.2, 0) is 0 Å². The van der Waals surface area contributed by atoms with Crippen LogP contribution in [0.1, 0.15) is 0 Å². The van der Waals surface area contributed by atoms with Gasteiger partial charge < -0.3 is 9.47 Å². The first-order valence-corrected chi connectivity index (χ1v) is 10.7. The summed E-state index contributed by atoms with van der Waals surface area (Å²) in [7, 11) is 3.06. The molecule has 0 radical (unpaired) electrons. The van der Waals surface area contributed by atoms with Gasteiger partial charge in [0.25, 0.3) is 0 Å². The molecule has 0 atom stereocenters. The molecule has 0 unspecified atom stereocenters. The highest BCUT2D eigenvalue weighted by atomic mass is 35.5. The van der Waals surface area contributed by atoms with E-state index in [1.807, 2.05) is 23.6 Å². The minimum Gasteiger partial charge on any atom is -0.495 e. The van der Waals surface area contributed by atoms with Gasteiger partial charge in [0.15, 0.2) is 4.34 Å². The molecule has 0 spiro atoms. The highest BCUT2D eigenvalue weighted by Crippen LogP contribution is 2.35. The molecule has 0 N–H and O–H groups in total. The summed E-state index contributed by atoms with van der Waals surface area (Å²) in [6, 6.07) is 11.3. The third kappa shape index (κ3) is 5.86. The van der Waals surface area contributed by atoms with Crippen molar-refractivity contribution in [2.24, 2.45) is 0 Å². The standard InChI is InChI=1S/C9H6N2S3.C8H8Cl2O2/c10-5-12-6-13-9-11-7-3-1-2-4-8(7)14-9;1-11-7-3-6(10)8(12-2)4-5(7)9/h1-4H,6H2;3-4H,1-2H3. The van der Waals surface area contributed by atoms with Gasteiger partial charge in [0.05, 0.1) is 39.6 Å². The third-order valence-corrected chi connectivity index (χ3v) is 6.44. The fraction of sp³-hybridized carbons (Fsp3) is 0.176. The molecule has 0 saturated carbocycles. The summed E-state index contributed by atoms with van der Waals surface area (Å²) in [5.74, 6) is 1.09. The van der Waals surface area contributed by atoms with Gasteiger partial charge in [0.2, 0.25) is 0 Å². The lowest BCUT2D eigenvalue weighted by molar-refractivity contribution is 0.403. The summed E-state index contributed by atoms with van der Waals surface area (Å²) in [4.78, 5) is 4.44.